The molecule has 0 unspecified atom stereocenters. The van der Waals surface area contributed by atoms with E-state index in [1.807, 2.05) is 12.1 Å². The number of nitrogens with one attached hydrogen (secondary N) is 2. The lowest BCUT2D eigenvalue weighted by Crippen LogP contribution is -2.47. The molecule has 2 aliphatic rings. The second kappa shape index (κ2) is 12.4. The molecule has 0 bridgehead atoms. The van der Waals surface area contributed by atoms with E-state index in [1.165, 1.54) is 5.69 Å². The minimum absolute atomic E-state index is 0.325. The summed E-state index contributed by atoms with van der Waals surface area (Å²) in [4.78, 5) is 15.0. The van der Waals surface area contributed by atoms with Gasteiger partial charge in [-0.1, -0.05) is 48.5 Å². The molecule has 0 spiro atoms. The van der Waals surface area contributed by atoms with Crippen LogP contribution in [0.3, 0.4) is 0 Å². The van der Waals surface area contributed by atoms with Gasteiger partial charge in [-0.25, -0.2) is 18.1 Å². The Kier molecular flexibility index (Phi) is 8.34. The molecule has 0 radical (unpaired) electrons. The average molecular weight is 571 g/mol. The number of benzene rings is 3. The summed E-state index contributed by atoms with van der Waals surface area (Å²) in [6.07, 6.45) is 4.15. The third-order valence-electron chi connectivity index (χ3n) is 8.41. The smallest absolute Gasteiger partial charge is 0.240 e. The summed E-state index contributed by atoms with van der Waals surface area (Å²) in [5.74, 6) is 2.56. The van der Waals surface area contributed by atoms with Crippen LogP contribution in [0.5, 0.6) is 0 Å². The first-order valence-corrected chi connectivity index (χ1v) is 16.1. The molecule has 3 aromatic carbocycles. The predicted molar refractivity (Wildman–Crippen MR) is 166 cm³/mol. The lowest BCUT2D eigenvalue weighted by molar-refractivity contribution is 0.284. The maximum absolute atomic E-state index is 12.6. The van der Waals surface area contributed by atoms with Crippen molar-refractivity contribution in [3.63, 3.8) is 0 Å². The van der Waals surface area contributed by atoms with Crippen LogP contribution >= 0.6 is 0 Å². The molecule has 6 rings (SSSR count). The molecule has 4 aromatic rings. The van der Waals surface area contributed by atoms with Gasteiger partial charge in [-0.3, -0.25) is 0 Å². The summed E-state index contributed by atoms with van der Waals surface area (Å²) in [5, 5.41) is 4.63. The van der Waals surface area contributed by atoms with E-state index >= 15 is 0 Å². The van der Waals surface area contributed by atoms with Gasteiger partial charge >= 0.3 is 0 Å². The fourth-order valence-corrected chi connectivity index (χ4v) is 7.12. The van der Waals surface area contributed by atoms with Crippen molar-refractivity contribution in [2.45, 2.75) is 30.6 Å². The third-order valence-corrected chi connectivity index (χ3v) is 9.85. The van der Waals surface area contributed by atoms with Gasteiger partial charge < -0.3 is 15.1 Å². The highest BCUT2D eigenvalue weighted by molar-refractivity contribution is 7.89. The largest absolute Gasteiger partial charge is 0.368 e. The van der Waals surface area contributed by atoms with Crippen molar-refractivity contribution in [1.82, 2.24) is 14.7 Å². The van der Waals surface area contributed by atoms with Crippen molar-refractivity contribution in [1.29, 1.82) is 0 Å². The van der Waals surface area contributed by atoms with E-state index in [0.29, 0.717) is 29.2 Å². The van der Waals surface area contributed by atoms with Gasteiger partial charge in [0.25, 0.3) is 0 Å². The second-order valence-electron chi connectivity index (χ2n) is 11.1. The fourth-order valence-electron chi connectivity index (χ4n) is 5.98. The van der Waals surface area contributed by atoms with Crippen molar-refractivity contribution in [2.24, 2.45) is 11.8 Å². The van der Waals surface area contributed by atoms with Crippen LogP contribution < -0.4 is 19.8 Å². The Morgan fingerprint density at radius 1 is 0.683 bits per heavy atom. The maximum Gasteiger partial charge on any atom is 0.240 e. The molecule has 1 aliphatic carbocycles. The molecular formula is C32H38N6O2S. The standard InChI is InChI=1S/C32H38N6O2S/c39-41(40,28-11-5-2-6-12-28)34-24-26-17-15-25(16-18-26)23-33-32-35-30-14-8-7-13-29(30)31(36-32)38-21-19-37(20-22-38)27-9-3-1-4-10-27/h1-14,25-26,34H,15-24H2,(H,33,35,36). The summed E-state index contributed by atoms with van der Waals surface area (Å²) in [6, 6.07) is 27.5. The van der Waals surface area contributed by atoms with E-state index in [1.54, 1.807) is 24.3 Å². The first kappa shape index (κ1) is 27.5. The second-order valence-corrected chi connectivity index (χ2v) is 12.9. The fraction of sp³-hybridized carbons (Fsp3) is 0.375. The van der Waals surface area contributed by atoms with Crippen LogP contribution in [0.25, 0.3) is 10.9 Å². The molecule has 214 valence electrons. The van der Waals surface area contributed by atoms with Crippen molar-refractivity contribution >= 4 is 38.4 Å². The molecule has 41 heavy (non-hydrogen) atoms. The van der Waals surface area contributed by atoms with Gasteiger partial charge in [0.1, 0.15) is 5.82 Å². The van der Waals surface area contributed by atoms with Gasteiger partial charge in [-0.05, 0) is 73.9 Å². The van der Waals surface area contributed by atoms with E-state index in [-0.39, 0.29) is 0 Å². The Morgan fingerprint density at radius 3 is 1.98 bits per heavy atom. The van der Waals surface area contributed by atoms with Crippen LogP contribution in [0.15, 0.2) is 89.8 Å². The van der Waals surface area contributed by atoms with E-state index < -0.39 is 10.0 Å². The molecule has 1 aromatic heterocycles. The van der Waals surface area contributed by atoms with Crippen LogP contribution in [0.4, 0.5) is 17.5 Å². The van der Waals surface area contributed by atoms with Gasteiger partial charge in [-0.15, -0.1) is 0 Å². The Bertz CT molecular complexity index is 1530. The normalized spacial score (nSPS) is 19.8. The van der Waals surface area contributed by atoms with Crippen molar-refractivity contribution < 1.29 is 8.42 Å². The zero-order chi connectivity index (χ0) is 28.1. The first-order valence-electron chi connectivity index (χ1n) is 14.7. The summed E-state index contributed by atoms with van der Waals surface area (Å²) in [7, 11) is -3.45. The van der Waals surface area contributed by atoms with E-state index in [0.717, 1.165) is 75.1 Å². The minimum atomic E-state index is -3.45. The molecule has 0 atom stereocenters. The molecule has 2 heterocycles. The van der Waals surface area contributed by atoms with E-state index in [2.05, 4.69) is 68.4 Å². The molecule has 0 amide bonds. The lowest BCUT2D eigenvalue weighted by Gasteiger charge is -2.37. The number of fused-ring (bicyclic) bond motifs is 1. The van der Waals surface area contributed by atoms with Crippen LogP contribution in [0.1, 0.15) is 25.7 Å². The highest BCUT2D eigenvalue weighted by atomic mass is 32.2. The summed E-state index contributed by atoms with van der Waals surface area (Å²) in [6.45, 7) is 5.04. The number of piperazine rings is 1. The SMILES string of the molecule is O=S(=O)(NCC1CCC(CNc2nc(N3CCN(c4ccccc4)CC3)c3ccccc3n2)CC1)c1ccccc1. The summed E-state index contributed by atoms with van der Waals surface area (Å²) in [5.41, 5.74) is 2.23. The highest BCUT2D eigenvalue weighted by Crippen LogP contribution is 2.30. The number of para-hydroxylation sites is 2. The Balaban J connectivity index is 1.04. The predicted octanol–water partition coefficient (Wildman–Crippen LogP) is 5.15. The topological polar surface area (TPSA) is 90.5 Å². The van der Waals surface area contributed by atoms with Gasteiger partial charge in [0.15, 0.2) is 0 Å². The summed E-state index contributed by atoms with van der Waals surface area (Å²) < 4.78 is 28.0. The van der Waals surface area contributed by atoms with Crippen LogP contribution in [0.2, 0.25) is 0 Å². The monoisotopic (exact) mass is 570 g/mol. The number of rotatable bonds is 9. The molecule has 2 fully saturated rings. The quantitative estimate of drug-likeness (QED) is 0.288. The Hall–Kier alpha value is -3.69. The van der Waals surface area contributed by atoms with Crippen molar-refractivity contribution in [3.8, 4) is 0 Å². The van der Waals surface area contributed by atoms with Gasteiger partial charge in [0.05, 0.1) is 10.4 Å². The molecule has 2 N–H and O–H groups in total. The zero-order valence-electron chi connectivity index (χ0n) is 23.3. The molecular weight excluding hydrogens is 532 g/mol. The highest BCUT2D eigenvalue weighted by Gasteiger charge is 2.25. The number of hydrogen-bond donors (Lipinski definition) is 2. The minimum Gasteiger partial charge on any atom is -0.368 e. The van der Waals surface area contributed by atoms with Crippen LogP contribution in [-0.2, 0) is 10.0 Å². The molecule has 1 saturated carbocycles. The van der Waals surface area contributed by atoms with Crippen molar-refractivity contribution in [3.05, 3.63) is 84.9 Å². The molecule has 1 aliphatic heterocycles. The first-order chi connectivity index (χ1) is 20.0. The number of aromatic nitrogens is 2. The number of sulfonamides is 1. The number of anilines is 3. The van der Waals surface area contributed by atoms with Gasteiger partial charge in [0, 0.05) is 50.3 Å². The zero-order valence-corrected chi connectivity index (χ0v) is 24.1. The van der Waals surface area contributed by atoms with Crippen LogP contribution in [0, 0.1) is 11.8 Å². The molecule has 8 nitrogen and oxygen atoms in total. The van der Waals surface area contributed by atoms with E-state index in [4.69, 9.17) is 9.97 Å². The Morgan fingerprint density at radius 2 is 1.27 bits per heavy atom. The van der Waals surface area contributed by atoms with Gasteiger partial charge in [0.2, 0.25) is 16.0 Å². The Labute approximate surface area is 242 Å². The number of hydrogen-bond acceptors (Lipinski definition) is 7. The van der Waals surface area contributed by atoms with Gasteiger partial charge in [-0.2, -0.15) is 4.98 Å². The molecule has 1 saturated heterocycles. The van der Waals surface area contributed by atoms with E-state index in [9.17, 15) is 8.42 Å². The maximum atomic E-state index is 12.6. The van der Waals surface area contributed by atoms with Crippen LogP contribution in [-0.4, -0.2) is 57.7 Å². The third kappa shape index (κ3) is 6.63. The number of nitrogens with zero attached hydrogens (tertiary/aromatic N) is 4. The van der Waals surface area contributed by atoms with Crippen molar-refractivity contribution in [2.75, 3.05) is 54.4 Å². The molecule has 9 heteroatoms. The average Bonchev–Trinajstić information content (AvgIpc) is 3.04. The lowest BCUT2D eigenvalue weighted by atomic mass is 9.82. The summed E-state index contributed by atoms with van der Waals surface area (Å²) >= 11 is 0.